The molecule has 0 radical (unpaired) electrons. The van der Waals surface area contributed by atoms with Gasteiger partial charge in [0.2, 0.25) is 0 Å². The molecule has 0 saturated carbocycles. The van der Waals surface area contributed by atoms with E-state index in [2.05, 4.69) is 5.32 Å². The number of hydrogen-bond acceptors (Lipinski definition) is 5. The third-order valence-corrected chi connectivity index (χ3v) is 3.08. The van der Waals surface area contributed by atoms with Crippen molar-refractivity contribution >= 4 is 22.6 Å². The van der Waals surface area contributed by atoms with Gasteiger partial charge in [-0.15, -0.1) is 0 Å². The maximum Gasteiger partial charge on any atom is 0.342 e. The fourth-order valence-electron chi connectivity index (χ4n) is 1.97. The number of hydrogen-bond donors (Lipinski definition) is 2. The van der Waals surface area contributed by atoms with Crippen molar-refractivity contribution in [2.45, 2.75) is 0 Å². The van der Waals surface area contributed by atoms with Gasteiger partial charge in [-0.3, -0.25) is 4.79 Å². The minimum atomic E-state index is -0.745. The first-order valence-corrected chi connectivity index (χ1v) is 6.77. The highest BCUT2D eigenvalue weighted by molar-refractivity contribution is 6.01. The van der Waals surface area contributed by atoms with Crippen LogP contribution in [-0.2, 0) is 14.3 Å². The van der Waals surface area contributed by atoms with Crippen LogP contribution in [0.15, 0.2) is 36.4 Å². The molecule has 2 rings (SSSR count). The standard InChI is InChI=1S/C16H17NO5/c1-21-9-8-17-14(18)10-22-16(20)13-7-6-11-4-2-3-5-12(11)15(13)19/h2-7,19H,8-10H2,1H3,(H,17,18). The monoisotopic (exact) mass is 303 g/mol. The van der Waals surface area contributed by atoms with E-state index in [4.69, 9.17) is 9.47 Å². The van der Waals surface area contributed by atoms with E-state index < -0.39 is 18.5 Å². The number of carbonyl (C=O) groups excluding carboxylic acids is 2. The molecule has 116 valence electrons. The number of esters is 1. The molecule has 0 bridgehead atoms. The molecule has 1 amide bonds. The van der Waals surface area contributed by atoms with E-state index in [1.54, 1.807) is 18.2 Å². The van der Waals surface area contributed by atoms with Crippen LogP contribution in [0.2, 0.25) is 0 Å². The largest absolute Gasteiger partial charge is 0.506 e. The Balaban J connectivity index is 2.01. The molecule has 6 nitrogen and oxygen atoms in total. The topological polar surface area (TPSA) is 84.9 Å². The van der Waals surface area contributed by atoms with Crippen LogP contribution in [0.4, 0.5) is 0 Å². The number of amides is 1. The molecular weight excluding hydrogens is 286 g/mol. The van der Waals surface area contributed by atoms with Crippen molar-refractivity contribution in [2.75, 3.05) is 26.9 Å². The highest BCUT2D eigenvalue weighted by Crippen LogP contribution is 2.28. The van der Waals surface area contributed by atoms with Gasteiger partial charge in [-0.25, -0.2) is 4.79 Å². The number of phenolic OH excluding ortho intramolecular Hbond substituents is 1. The second-order valence-corrected chi connectivity index (χ2v) is 4.60. The van der Waals surface area contributed by atoms with E-state index in [9.17, 15) is 14.7 Å². The Morgan fingerprint density at radius 1 is 1.18 bits per heavy atom. The molecule has 0 aliphatic heterocycles. The summed E-state index contributed by atoms with van der Waals surface area (Å²) in [6.07, 6.45) is 0. The molecule has 0 spiro atoms. The third-order valence-electron chi connectivity index (χ3n) is 3.08. The lowest BCUT2D eigenvalue weighted by Gasteiger charge is -2.09. The summed E-state index contributed by atoms with van der Waals surface area (Å²) in [5.74, 6) is -1.32. The molecule has 0 fully saturated rings. The van der Waals surface area contributed by atoms with Crippen molar-refractivity contribution in [1.29, 1.82) is 0 Å². The maximum atomic E-state index is 12.0. The van der Waals surface area contributed by atoms with E-state index in [1.165, 1.54) is 13.2 Å². The maximum absolute atomic E-state index is 12.0. The number of aromatic hydroxyl groups is 1. The van der Waals surface area contributed by atoms with Gasteiger partial charge in [-0.2, -0.15) is 0 Å². The molecule has 2 N–H and O–H groups in total. The smallest absolute Gasteiger partial charge is 0.342 e. The number of rotatable bonds is 6. The number of nitrogens with one attached hydrogen (secondary N) is 1. The normalized spacial score (nSPS) is 10.4. The van der Waals surface area contributed by atoms with Crippen molar-refractivity contribution in [3.05, 3.63) is 42.0 Å². The van der Waals surface area contributed by atoms with Gasteiger partial charge in [0.05, 0.1) is 6.61 Å². The third kappa shape index (κ3) is 3.73. The van der Waals surface area contributed by atoms with Crippen LogP contribution < -0.4 is 5.32 Å². The lowest BCUT2D eigenvalue weighted by molar-refractivity contribution is -0.124. The SMILES string of the molecule is COCCNC(=O)COC(=O)c1ccc2ccccc2c1O. The number of ether oxygens (including phenoxy) is 2. The number of fused-ring (bicyclic) bond motifs is 1. The number of methoxy groups -OCH3 is 1. The molecule has 0 unspecified atom stereocenters. The van der Waals surface area contributed by atoms with Crippen molar-refractivity contribution in [3.8, 4) is 5.75 Å². The quantitative estimate of drug-likeness (QED) is 0.623. The Morgan fingerprint density at radius 3 is 2.73 bits per heavy atom. The lowest BCUT2D eigenvalue weighted by atomic mass is 10.1. The average Bonchev–Trinajstić information content (AvgIpc) is 2.53. The molecule has 0 heterocycles. The minimum absolute atomic E-state index is 0.0309. The second-order valence-electron chi connectivity index (χ2n) is 4.60. The summed E-state index contributed by atoms with van der Waals surface area (Å²) in [4.78, 5) is 23.4. The molecular formula is C16H17NO5. The van der Waals surface area contributed by atoms with Crippen molar-refractivity contribution < 1.29 is 24.2 Å². The van der Waals surface area contributed by atoms with Gasteiger partial charge in [0.15, 0.2) is 6.61 Å². The van der Waals surface area contributed by atoms with E-state index in [0.717, 1.165) is 5.39 Å². The molecule has 2 aromatic carbocycles. The van der Waals surface area contributed by atoms with Gasteiger partial charge >= 0.3 is 5.97 Å². The summed E-state index contributed by atoms with van der Waals surface area (Å²) >= 11 is 0. The number of phenols is 1. The van der Waals surface area contributed by atoms with Crippen LogP contribution in [0.1, 0.15) is 10.4 Å². The van der Waals surface area contributed by atoms with Gasteiger partial charge in [0, 0.05) is 19.0 Å². The Morgan fingerprint density at radius 2 is 1.95 bits per heavy atom. The van der Waals surface area contributed by atoms with Crippen LogP contribution in [0, 0.1) is 0 Å². The van der Waals surface area contributed by atoms with Crippen molar-refractivity contribution in [2.24, 2.45) is 0 Å². The second kappa shape index (κ2) is 7.42. The van der Waals surface area contributed by atoms with Crippen LogP contribution >= 0.6 is 0 Å². The van der Waals surface area contributed by atoms with Crippen LogP contribution in [0.5, 0.6) is 5.75 Å². The van der Waals surface area contributed by atoms with Crippen LogP contribution in [-0.4, -0.2) is 43.9 Å². The molecule has 0 atom stereocenters. The summed E-state index contributed by atoms with van der Waals surface area (Å²) in [5.41, 5.74) is 0.0309. The minimum Gasteiger partial charge on any atom is -0.506 e. The van der Waals surface area contributed by atoms with Gasteiger partial charge in [0.1, 0.15) is 11.3 Å². The first-order valence-electron chi connectivity index (χ1n) is 6.77. The molecule has 2 aromatic rings. The fourth-order valence-corrected chi connectivity index (χ4v) is 1.97. The zero-order valence-electron chi connectivity index (χ0n) is 12.2. The molecule has 0 aliphatic carbocycles. The molecule has 0 aromatic heterocycles. The van der Waals surface area contributed by atoms with Gasteiger partial charge in [-0.05, 0) is 11.5 Å². The fraction of sp³-hybridized carbons (Fsp3) is 0.250. The van der Waals surface area contributed by atoms with Gasteiger partial charge in [0.25, 0.3) is 5.91 Å². The highest BCUT2D eigenvalue weighted by atomic mass is 16.5. The summed E-state index contributed by atoms with van der Waals surface area (Å²) in [6, 6.07) is 10.3. The Bertz CT molecular complexity index is 683. The zero-order chi connectivity index (χ0) is 15.9. The van der Waals surface area contributed by atoms with E-state index in [-0.39, 0.29) is 11.3 Å². The summed E-state index contributed by atoms with van der Waals surface area (Å²) in [7, 11) is 1.52. The Hall–Kier alpha value is -2.60. The van der Waals surface area contributed by atoms with Crippen LogP contribution in [0.3, 0.4) is 0 Å². The Kier molecular flexibility index (Phi) is 5.32. The molecule has 0 aliphatic rings. The first kappa shape index (κ1) is 15.8. The van der Waals surface area contributed by atoms with Gasteiger partial charge < -0.3 is 19.9 Å². The predicted molar refractivity (Wildman–Crippen MR) is 80.8 cm³/mol. The predicted octanol–water partition coefficient (Wildman–Crippen LogP) is 1.46. The summed E-state index contributed by atoms with van der Waals surface area (Å²) < 4.78 is 9.69. The van der Waals surface area contributed by atoms with Crippen LogP contribution in [0.25, 0.3) is 10.8 Å². The number of benzene rings is 2. The number of carbonyl (C=O) groups is 2. The van der Waals surface area contributed by atoms with Gasteiger partial charge in [-0.1, -0.05) is 30.3 Å². The van der Waals surface area contributed by atoms with E-state index in [0.29, 0.717) is 18.5 Å². The van der Waals surface area contributed by atoms with E-state index >= 15 is 0 Å². The van der Waals surface area contributed by atoms with E-state index in [1.807, 2.05) is 12.1 Å². The first-order chi connectivity index (χ1) is 10.6. The van der Waals surface area contributed by atoms with Crippen molar-refractivity contribution in [1.82, 2.24) is 5.32 Å². The highest BCUT2D eigenvalue weighted by Gasteiger charge is 2.16. The summed E-state index contributed by atoms with van der Waals surface area (Å²) in [6.45, 7) is 0.314. The Labute approximate surface area is 127 Å². The molecule has 0 saturated heterocycles. The lowest BCUT2D eigenvalue weighted by Crippen LogP contribution is -2.31. The zero-order valence-corrected chi connectivity index (χ0v) is 12.2. The van der Waals surface area contributed by atoms with Crippen molar-refractivity contribution in [3.63, 3.8) is 0 Å². The molecule has 6 heteroatoms. The molecule has 22 heavy (non-hydrogen) atoms. The average molecular weight is 303 g/mol. The summed E-state index contributed by atoms with van der Waals surface area (Å²) in [5, 5.41) is 14.0.